The summed E-state index contributed by atoms with van der Waals surface area (Å²) in [6.45, 7) is 7.23. The van der Waals surface area contributed by atoms with E-state index in [0.29, 0.717) is 18.2 Å². The molecule has 5 nitrogen and oxygen atoms in total. The fraction of sp³-hybridized carbons (Fsp3) is 0.556. The van der Waals surface area contributed by atoms with E-state index < -0.39 is 11.9 Å². The predicted octanol–water partition coefficient (Wildman–Crippen LogP) is 4.21. The number of carboxylic acids is 1. The first-order valence-corrected chi connectivity index (χ1v) is 9.34. The SMILES string of the molecule is CCC(C)Sc1ccc(NC(=O)N2CCCC(C(=O)O)C2)c(C)c1. The van der Waals surface area contributed by atoms with Crippen LogP contribution in [0.25, 0.3) is 0 Å². The van der Waals surface area contributed by atoms with Crippen LogP contribution < -0.4 is 5.32 Å². The molecule has 2 unspecified atom stereocenters. The summed E-state index contributed by atoms with van der Waals surface area (Å²) < 4.78 is 0. The van der Waals surface area contributed by atoms with Crippen molar-refractivity contribution in [3.05, 3.63) is 23.8 Å². The van der Waals surface area contributed by atoms with Crippen molar-refractivity contribution >= 4 is 29.4 Å². The molecule has 2 atom stereocenters. The van der Waals surface area contributed by atoms with Crippen LogP contribution in [-0.2, 0) is 4.79 Å². The number of carbonyl (C=O) groups excluding carboxylic acids is 1. The van der Waals surface area contributed by atoms with Crippen molar-refractivity contribution < 1.29 is 14.7 Å². The lowest BCUT2D eigenvalue weighted by Crippen LogP contribution is -2.44. The third kappa shape index (κ3) is 4.90. The van der Waals surface area contributed by atoms with E-state index >= 15 is 0 Å². The van der Waals surface area contributed by atoms with E-state index in [2.05, 4.69) is 25.2 Å². The summed E-state index contributed by atoms with van der Waals surface area (Å²) in [5.41, 5.74) is 1.80. The molecule has 0 radical (unpaired) electrons. The number of rotatable bonds is 5. The molecular weight excluding hydrogens is 324 g/mol. The van der Waals surface area contributed by atoms with Crippen LogP contribution in [0.2, 0.25) is 0 Å². The molecule has 2 amide bonds. The number of aryl methyl sites for hydroxylation is 1. The van der Waals surface area contributed by atoms with Gasteiger partial charge in [0.1, 0.15) is 0 Å². The van der Waals surface area contributed by atoms with Gasteiger partial charge in [0.15, 0.2) is 0 Å². The van der Waals surface area contributed by atoms with E-state index in [0.717, 1.165) is 24.1 Å². The third-order valence-corrected chi connectivity index (χ3v) is 5.67. The van der Waals surface area contributed by atoms with Crippen molar-refractivity contribution in [1.82, 2.24) is 4.90 Å². The smallest absolute Gasteiger partial charge is 0.321 e. The van der Waals surface area contributed by atoms with Crippen LogP contribution in [0.15, 0.2) is 23.1 Å². The van der Waals surface area contributed by atoms with Gasteiger partial charge in [-0.05, 0) is 49.9 Å². The minimum atomic E-state index is -0.824. The molecule has 1 aliphatic heterocycles. The normalized spacial score (nSPS) is 19.0. The molecule has 132 valence electrons. The number of carbonyl (C=O) groups is 2. The van der Waals surface area contributed by atoms with E-state index in [1.807, 2.05) is 30.8 Å². The maximum absolute atomic E-state index is 12.4. The van der Waals surface area contributed by atoms with E-state index in [-0.39, 0.29) is 12.6 Å². The highest BCUT2D eigenvalue weighted by molar-refractivity contribution is 7.99. The van der Waals surface area contributed by atoms with E-state index in [9.17, 15) is 9.59 Å². The molecule has 0 aliphatic carbocycles. The molecule has 1 heterocycles. The number of nitrogens with zero attached hydrogens (tertiary/aromatic N) is 1. The largest absolute Gasteiger partial charge is 0.481 e. The Hall–Kier alpha value is -1.69. The number of hydrogen-bond donors (Lipinski definition) is 2. The Morgan fingerprint density at radius 1 is 1.46 bits per heavy atom. The monoisotopic (exact) mass is 350 g/mol. The number of carboxylic acid groups (broad SMARTS) is 1. The average molecular weight is 350 g/mol. The predicted molar refractivity (Wildman–Crippen MR) is 97.7 cm³/mol. The second-order valence-corrected chi connectivity index (χ2v) is 7.88. The maximum Gasteiger partial charge on any atom is 0.321 e. The quantitative estimate of drug-likeness (QED) is 0.780. The van der Waals surface area contributed by atoms with Gasteiger partial charge in [-0.2, -0.15) is 0 Å². The highest BCUT2D eigenvalue weighted by Crippen LogP contribution is 2.28. The molecule has 6 heteroatoms. The van der Waals surface area contributed by atoms with Crippen LogP contribution in [0.5, 0.6) is 0 Å². The van der Waals surface area contributed by atoms with Crippen LogP contribution in [0, 0.1) is 12.8 Å². The van der Waals surface area contributed by atoms with Gasteiger partial charge in [0.25, 0.3) is 0 Å². The lowest BCUT2D eigenvalue weighted by molar-refractivity contribution is -0.143. The van der Waals surface area contributed by atoms with E-state index in [1.54, 1.807) is 4.90 Å². The fourth-order valence-corrected chi connectivity index (χ4v) is 3.75. The molecule has 1 fully saturated rings. The summed E-state index contributed by atoms with van der Waals surface area (Å²) in [5.74, 6) is -1.28. The number of thioether (sulfide) groups is 1. The van der Waals surface area contributed by atoms with Gasteiger partial charge in [-0.25, -0.2) is 4.79 Å². The first-order valence-electron chi connectivity index (χ1n) is 8.46. The van der Waals surface area contributed by atoms with Gasteiger partial charge in [-0.1, -0.05) is 13.8 Å². The molecule has 0 aromatic heterocycles. The number of benzene rings is 1. The Kier molecular flexibility index (Phi) is 6.54. The van der Waals surface area contributed by atoms with Gasteiger partial charge in [-0.15, -0.1) is 11.8 Å². The molecule has 0 saturated carbocycles. The zero-order valence-electron chi connectivity index (χ0n) is 14.5. The third-order valence-electron chi connectivity index (χ3n) is 4.41. The summed E-state index contributed by atoms with van der Waals surface area (Å²) in [6, 6.07) is 5.82. The molecule has 0 bridgehead atoms. The summed E-state index contributed by atoms with van der Waals surface area (Å²) >= 11 is 1.83. The number of likely N-dealkylation sites (tertiary alicyclic amines) is 1. The summed E-state index contributed by atoms with van der Waals surface area (Å²) in [6.07, 6.45) is 2.48. The summed E-state index contributed by atoms with van der Waals surface area (Å²) in [4.78, 5) is 26.3. The highest BCUT2D eigenvalue weighted by atomic mass is 32.2. The van der Waals surface area contributed by atoms with Crippen molar-refractivity contribution in [3.63, 3.8) is 0 Å². The van der Waals surface area contributed by atoms with Gasteiger partial charge in [-0.3, -0.25) is 4.79 Å². The highest BCUT2D eigenvalue weighted by Gasteiger charge is 2.28. The Bertz CT molecular complexity index is 606. The Morgan fingerprint density at radius 3 is 2.83 bits per heavy atom. The topological polar surface area (TPSA) is 69.6 Å². The van der Waals surface area contributed by atoms with Gasteiger partial charge >= 0.3 is 12.0 Å². The maximum atomic E-state index is 12.4. The number of hydrogen-bond acceptors (Lipinski definition) is 3. The van der Waals surface area contributed by atoms with Crippen LogP contribution in [0.1, 0.15) is 38.7 Å². The standard InChI is InChI=1S/C18H26N2O3S/c1-4-13(3)24-15-7-8-16(12(2)10-15)19-18(23)20-9-5-6-14(11-20)17(21)22/h7-8,10,13-14H,4-6,9,11H2,1-3H3,(H,19,23)(H,21,22). The molecule has 2 N–H and O–H groups in total. The van der Waals surface area contributed by atoms with Crippen molar-refractivity contribution in [2.24, 2.45) is 5.92 Å². The van der Waals surface area contributed by atoms with Crippen molar-refractivity contribution in [1.29, 1.82) is 0 Å². The fourth-order valence-electron chi connectivity index (χ4n) is 2.72. The number of piperidine rings is 1. The molecule has 24 heavy (non-hydrogen) atoms. The minimum Gasteiger partial charge on any atom is -0.481 e. The van der Waals surface area contributed by atoms with Gasteiger partial charge in [0.05, 0.1) is 5.92 Å². The summed E-state index contributed by atoms with van der Waals surface area (Å²) in [5, 5.41) is 12.6. The van der Waals surface area contributed by atoms with Crippen LogP contribution >= 0.6 is 11.8 Å². The number of nitrogens with one attached hydrogen (secondary N) is 1. The van der Waals surface area contributed by atoms with Crippen LogP contribution in [0.4, 0.5) is 10.5 Å². The first kappa shape index (κ1) is 18.6. The zero-order chi connectivity index (χ0) is 17.7. The van der Waals surface area contributed by atoms with Crippen LogP contribution in [0.3, 0.4) is 0 Å². The zero-order valence-corrected chi connectivity index (χ0v) is 15.4. The van der Waals surface area contributed by atoms with Crippen LogP contribution in [-0.4, -0.2) is 40.3 Å². The number of aliphatic carboxylic acids is 1. The Balaban J connectivity index is 1.99. The molecular formula is C18H26N2O3S. The lowest BCUT2D eigenvalue weighted by Gasteiger charge is -2.30. The lowest BCUT2D eigenvalue weighted by atomic mass is 9.99. The molecule has 2 rings (SSSR count). The second kappa shape index (κ2) is 8.42. The molecule has 1 saturated heterocycles. The molecule has 1 aromatic rings. The van der Waals surface area contributed by atoms with Gasteiger partial charge in [0, 0.05) is 28.9 Å². The second-order valence-electron chi connectivity index (χ2n) is 6.37. The Labute approximate surface area is 147 Å². The molecule has 1 aromatic carbocycles. The molecule has 0 spiro atoms. The number of urea groups is 1. The van der Waals surface area contributed by atoms with Gasteiger partial charge in [0.2, 0.25) is 0 Å². The first-order chi connectivity index (χ1) is 11.4. The van der Waals surface area contributed by atoms with E-state index in [4.69, 9.17) is 5.11 Å². The minimum absolute atomic E-state index is 0.216. The van der Waals surface area contributed by atoms with Crippen molar-refractivity contribution in [3.8, 4) is 0 Å². The van der Waals surface area contributed by atoms with Gasteiger partial charge < -0.3 is 15.3 Å². The summed E-state index contributed by atoms with van der Waals surface area (Å²) in [7, 11) is 0. The molecule has 1 aliphatic rings. The van der Waals surface area contributed by atoms with Crippen molar-refractivity contribution in [2.45, 2.75) is 50.2 Å². The van der Waals surface area contributed by atoms with E-state index in [1.165, 1.54) is 4.90 Å². The number of amides is 2. The van der Waals surface area contributed by atoms with Crippen molar-refractivity contribution in [2.75, 3.05) is 18.4 Å². The Morgan fingerprint density at radius 2 is 2.21 bits per heavy atom. The number of anilines is 1. The average Bonchev–Trinajstić information content (AvgIpc) is 2.57.